The third-order valence-electron chi connectivity index (χ3n) is 5.85. The third kappa shape index (κ3) is 3.72. The number of hydrogen-bond donors (Lipinski definition) is 1. The molecule has 20 heavy (non-hydrogen) atoms. The van der Waals surface area contributed by atoms with Crippen LogP contribution in [0, 0.1) is 11.8 Å². The average molecular weight is 298 g/mol. The number of nitrogens with two attached hydrogens (primary N) is 1. The zero-order valence-electron chi connectivity index (χ0n) is 12.8. The van der Waals surface area contributed by atoms with Crippen molar-refractivity contribution in [2.24, 2.45) is 17.6 Å². The van der Waals surface area contributed by atoms with Crippen LogP contribution >= 0.6 is 11.8 Å². The van der Waals surface area contributed by atoms with E-state index in [1.54, 1.807) is 0 Å². The molecule has 3 heteroatoms. The van der Waals surface area contributed by atoms with Crippen molar-refractivity contribution in [2.75, 3.05) is 18.1 Å². The summed E-state index contributed by atoms with van der Waals surface area (Å²) in [4.78, 5) is 0. The first-order valence-electron chi connectivity index (χ1n) is 8.75. The molecule has 3 rings (SSSR count). The maximum absolute atomic E-state index is 6.61. The van der Waals surface area contributed by atoms with Gasteiger partial charge in [-0.1, -0.05) is 19.3 Å². The molecule has 2 heterocycles. The van der Waals surface area contributed by atoms with Crippen molar-refractivity contribution in [2.45, 2.75) is 75.9 Å². The molecule has 0 aromatic rings. The Bertz CT molecular complexity index is 292. The Labute approximate surface area is 128 Å². The Kier molecular flexibility index (Phi) is 5.33. The minimum atomic E-state index is 0.223. The minimum Gasteiger partial charge on any atom is -0.375 e. The van der Waals surface area contributed by atoms with E-state index >= 15 is 0 Å². The van der Waals surface area contributed by atoms with Crippen LogP contribution in [0.3, 0.4) is 0 Å². The molecular weight excluding hydrogens is 266 g/mol. The van der Waals surface area contributed by atoms with Gasteiger partial charge in [-0.25, -0.2) is 0 Å². The van der Waals surface area contributed by atoms with Gasteiger partial charge < -0.3 is 10.5 Å². The van der Waals surface area contributed by atoms with Crippen LogP contribution < -0.4 is 5.73 Å². The van der Waals surface area contributed by atoms with Gasteiger partial charge in [-0.15, -0.1) is 0 Å². The van der Waals surface area contributed by atoms with Crippen molar-refractivity contribution in [3.8, 4) is 0 Å². The first-order chi connectivity index (χ1) is 9.77. The van der Waals surface area contributed by atoms with Crippen molar-refractivity contribution < 1.29 is 4.74 Å². The van der Waals surface area contributed by atoms with Crippen LogP contribution in [0.2, 0.25) is 0 Å². The zero-order valence-corrected chi connectivity index (χ0v) is 13.6. The largest absolute Gasteiger partial charge is 0.375 e. The van der Waals surface area contributed by atoms with Crippen molar-refractivity contribution in [1.82, 2.24) is 0 Å². The molecular formula is C17H31NOS. The minimum absolute atomic E-state index is 0.223. The quantitative estimate of drug-likeness (QED) is 0.856. The molecule has 0 bridgehead atoms. The second-order valence-corrected chi connectivity index (χ2v) is 8.53. The van der Waals surface area contributed by atoms with Gasteiger partial charge in [-0.05, 0) is 68.3 Å². The predicted octanol–water partition coefficient (Wildman–Crippen LogP) is 3.98. The highest BCUT2D eigenvalue weighted by molar-refractivity contribution is 7.99. The second-order valence-electron chi connectivity index (χ2n) is 7.30. The third-order valence-corrected chi connectivity index (χ3v) is 6.90. The standard InChI is InChI=1S/C17H31NOS/c18-16(12-14-5-10-20-11-6-14)15-4-9-19-17(13-15)7-2-1-3-8-17/h14-16H,1-13,18H2. The van der Waals surface area contributed by atoms with Crippen LogP contribution in [0.1, 0.15) is 64.2 Å². The lowest BCUT2D eigenvalue weighted by atomic mass is 9.73. The Morgan fingerprint density at radius 1 is 1.10 bits per heavy atom. The van der Waals surface area contributed by atoms with E-state index in [2.05, 4.69) is 11.8 Å². The molecule has 2 N–H and O–H groups in total. The lowest BCUT2D eigenvalue weighted by molar-refractivity contribution is -0.121. The van der Waals surface area contributed by atoms with Gasteiger partial charge in [0.15, 0.2) is 0 Å². The molecule has 2 saturated heterocycles. The summed E-state index contributed by atoms with van der Waals surface area (Å²) in [5.74, 6) is 4.33. The lowest BCUT2D eigenvalue weighted by Gasteiger charge is -2.45. The Balaban J connectivity index is 1.52. The van der Waals surface area contributed by atoms with E-state index in [1.807, 2.05) is 0 Å². The van der Waals surface area contributed by atoms with Crippen molar-refractivity contribution in [3.05, 3.63) is 0 Å². The molecule has 0 amide bonds. The van der Waals surface area contributed by atoms with E-state index in [-0.39, 0.29) is 5.60 Å². The first-order valence-corrected chi connectivity index (χ1v) is 9.90. The van der Waals surface area contributed by atoms with E-state index in [0.29, 0.717) is 6.04 Å². The van der Waals surface area contributed by atoms with E-state index in [9.17, 15) is 0 Å². The Hall–Kier alpha value is 0.270. The van der Waals surface area contributed by atoms with Crippen molar-refractivity contribution in [3.63, 3.8) is 0 Å². The summed E-state index contributed by atoms with van der Waals surface area (Å²) in [6, 6.07) is 0.422. The summed E-state index contributed by atoms with van der Waals surface area (Å²) in [5, 5.41) is 0. The second kappa shape index (κ2) is 7.02. The van der Waals surface area contributed by atoms with Gasteiger partial charge >= 0.3 is 0 Å². The van der Waals surface area contributed by atoms with Gasteiger partial charge in [0, 0.05) is 12.6 Å². The van der Waals surface area contributed by atoms with Gasteiger partial charge in [0.05, 0.1) is 5.60 Å². The van der Waals surface area contributed by atoms with Crippen LogP contribution in [0.25, 0.3) is 0 Å². The molecule has 1 saturated carbocycles. The van der Waals surface area contributed by atoms with Crippen LogP contribution in [-0.2, 0) is 4.74 Å². The molecule has 0 aromatic carbocycles. The van der Waals surface area contributed by atoms with E-state index in [1.165, 1.54) is 75.7 Å². The number of hydrogen-bond acceptors (Lipinski definition) is 3. The summed E-state index contributed by atoms with van der Waals surface area (Å²) < 4.78 is 6.22. The van der Waals surface area contributed by atoms with Crippen molar-refractivity contribution >= 4 is 11.8 Å². The molecule has 1 aliphatic carbocycles. The SMILES string of the molecule is NC(CC1CCSCC1)C1CCOC2(CCCCC2)C1. The van der Waals surface area contributed by atoms with E-state index in [0.717, 1.165) is 18.4 Å². The molecule has 116 valence electrons. The predicted molar refractivity (Wildman–Crippen MR) is 87.1 cm³/mol. The molecule has 2 nitrogen and oxygen atoms in total. The fourth-order valence-electron chi connectivity index (χ4n) is 4.54. The lowest BCUT2D eigenvalue weighted by Crippen LogP contribution is -2.46. The molecule has 3 fully saturated rings. The summed E-state index contributed by atoms with van der Waals surface area (Å²) >= 11 is 2.12. The van der Waals surface area contributed by atoms with Gasteiger partial charge in [-0.3, -0.25) is 0 Å². The average Bonchev–Trinajstić information content (AvgIpc) is 2.49. The van der Waals surface area contributed by atoms with E-state index in [4.69, 9.17) is 10.5 Å². The van der Waals surface area contributed by atoms with Gasteiger partial charge in [0.1, 0.15) is 0 Å². The smallest absolute Gasteiger partial charge is 0.0685 e. The Morgan fingerprint density at radius 3 is 2.60 bits per heavy atom. The zero-order chi connectivity index (χ0) is 13.8. The molecule has 0 aromatic heterocycles. The van der Waals surface area contributed by atoms with E-state index < -0.39 is 0 Å². The molecule has 3 aliphatic rings. The summed E-state index contributed by atoms with van der Waals surface area (Å²) in [5.41, 5.74) is 6.83. The number of ether oxygens (including phenoxy) is 1. The molecule has 2 aliphatic heterocycles. The topological polar surface area (TPSA) is 35.2 Å². The highest BCUT2D eigenvalue weighted by Gasteiger charge is 2.40. The summed E-state index contributed by atoms with van der Waals surface area (Å²) in [7, 11) is 0. The van der Waals surface area contributed by atoms with Gasteiger partial charge in [0.2, 0.25) is 0 Å². The number of thioether (sulfide) groups is 1. The summed E-state index contributed by atoms with van der Waals surface area (Å²) in [6.07, 6.45) is 13.2. The van der Waals surface area contributed by atoms with Crippen LogP contribution in [-0.4, -0.2) is 29.8 Å². The fraction of sp³-hybridized carbons (Fsp3) is 1.00. The first kappa shape index (κ1) is 15.2. The molecule has 0 radical (unpaired) electrons. The van der Waals surface area contributed by atoms with Gasteiger partial charge in [0.25, 0.3) is 0 Å². The van der Waals surface area contributed by atoms with Crippen LogP contribution in [0.5, 0.6) is 0 Å². The number of rotatable bonds is 3. The highest BCUT2D eigenvalue weighted by Crippen LogP contribution is 2.42. The van der Waals surface area contributed by atoms with Gasteiger partial charge in [-0.2, -0.15) is 11.8 Å². The maximum atomic E-state index is 6.61. The van der Waals surface area contributed by atoms with Crippen LogP contribution in [0.15, 0.2) is 0 Å². The molecule has 2 unspecified atom stereocenters. The summed E-state index contributed by atoms with van der Waals surface area (Å²) in [6.45, 7) is 0.957. The highest BCUT2D eigenvalue weighted by atomic mass is 32.2. The van der Waals surface area contributed by atoms with Crippen molar-refractivity contribution in [1.29, 1.82) is 0 Å². The Morgan fingerprint density at radius 2 is 1.85 bits per heavy atom. The molecule has 1 spiro atoms. The van der Waals surface area contributed by atoms with Crippen LogP contribution in [0.4, 0.5) is 0 Å². The maximum Gasteiger partial charge on any atom is 0.0685 e. The monoisotopic (exact) mass is 297 g/mol. The normalized spacial score (nSPS) is 33.1. The molecule has 2 atom stereocenters. The fourth-order valence-corrected chi connectivity index (χ4v) is 5.74.